The number of nitrogens with zero attached hydrogens (tertiary/aromatic N) is 8. The maximum Gasteiger partial charge on any atom is 0.269 e. The van der Waals surface area contributed by atoms with Crippen molar-refractivity contribution >= 4 is 40.5 Å². The molecule has 0 unspecified atom stereocenters. The smallest absolute Gasteiger partial charge is 0.269 e. The van der Waals surface area contributed by atoms with Crippen LogP contribution in [0.1, 0.15) is 19.0 Å². The molecule has 36 heavy (non-hydrogen) atoms. The van der Waals surface area contributed by atoms with E-state index in [0.717, 1.165) is 6.42 Å². The number of nitrogens with one attached hydrogen (secondary N) is 3. The number of hydrogen-bond acceptors (Lipinski definition) is 11. The molecule has 0 radical (unpaired) electrons. The highest BCUT2D eigenvalue weighted by Crippen LogP contribution is 2.37. The minimum atomic E-state index is -0.473. The maximum absolute atomic E-state index is 11.0. The molecule has 0 spiro atoms. The second-order valence-corrected chi connectivity index (χ2v) is 7.34. The predicted molar refractivity (Wildman–Crippen MR) is 136 cm³/mol. The molecular formula is C22H27N11O3. The van der Waals surface area contributed by atoms with Gasteiger partial charge in [-0.1, -0.05) is 6.92 Å². The summed E-state index contributed by atoms with van der Waals surface area (Å²) in [5.41, 5.74) is 1.74. The first kappa shape index (κ1) is 26.0. The zero-order valence-corrected chi connectivity index (χ0v) is 20.4. The molecule has 0 saturated carbocycles. The highest BCUT2D eigenvalue weighted by atomic mass is 16.6. The first-order chi connectivity index (χ1) is 17.5. The van der Waals surface area contributed by atoms with Crippen molar-refractivity contribution in [3.05, 3.63) is 51.5 Å². The average molecular weight is 494 g/mol. The van der Waals surface area contributed by atoms with Crippen molar-refractivity contribution in [1.82, 2.24) is 19.7 Å². The summed E-state index contributed by atoms with van der Waals surface area (Å²) in [5.74, 6) is 1.39. The molecule has 2 heterocycles. The predicted octanol–water partition coefficient (Wildman–Crippen LogP) is 4.63. The van der Waals surface area contributed by atoms with Crippen LogP contribution >= 0.6 is 0 Å². The van der Waals surface area contributed by atoms with Gasteiger partial charge in [0, 0.05) is 46.5 Å². The van der Waals surface area contributed by atoms with Gasteiger partial charge in [0.1, 0.15) is 0 Å². The Labute approximate surface area is 207 Å². The van der Waals surface area contributed by atoms with E-state index in [4.69, 9.17) is 11.3 Å². The number of hydrogen-bond donors (Lipinski definition) is 3. The molecule has 1 aromatic carbocycles. The summed E-state index contributed by atoms with van der Waals surface area (Å²) in [6.07, 6.45) is 1.24. The number of methoxy groups -OCH3 is 1. The lowest BCUT2D eigenvalue weighted by Crippen LogP contribution is -2.09. The quantitative estimate of drug-likeness (QED) is 0.107. The van der Waals surface area contributed by atoms with E-state index in [1.165, 1.54) is 12.1 Å². The molecule has 0 aliphatic carbocycles. The van der Waals surface area contributed by atoms with Crippen LogP contribution in [0.15, 0.2) is 34.5 Å². The van der Waals surface area contributed by atoms with Crippen LogP contribution in [0.3, 0.4) is 0 Å². The van der Waals surface area contributed by atoms with E-state index in [1.54, 1.807) is 38.0 Å². The van der Waals surface area contributed by atoms with Crippen LogP contribution in [0.25, 0.3) is 10.5 Å². The Kier molecular flexibility index (Phi) is 8.79. The van der Waals surface area contributed by atoms with E-state index >= 15 is 0 Å². The fourth-order valence-corrected chi connectivity index (χ4v) is 3.34. The minimum Gasteiger partial charge on any atom is -0.385 e. The van der Waals surface area contributed by atoms with Gasteiger partial charge in [0.25, 0.3) is 11.4 Å². The van der Waals surface area contributed by atoms with E-state index in [9.17, 15) is 10.1 Å². The van der Waals surface area contributed by atoms with Gasteiger partial charge in [-0.05, 0) is 25.0 Å². The fourth-order valence-electron chi connectivity index (χ4n) is 3.34. The highest BCUT2D eigenvalue weighted by Gasteiger charge is 2.20. The Morgan fingerprint density at radius 2 is 1.89 bits per heavy atom. The van der Waals surface area contributed by atoms with E-state index in [2.05, 4.69) is 46.1 Å². The summed E-state index contributed by atoms with van der Waals surface area (Å²) in [6.45, 7) is 10.8. The van der Waals surface area contributed by atoms with Gasteiger partial charge >= 0.3 is 0 Å². The number of rotatable bonds is 12. The molecule has 188 valence electrons. The normalized spacial score (nSPS) is 10.9. The van der Waals surface area contributed by atoms with E-state index < -0.39 is 4.92 Å². The van der Waals surface area contributed by atoms with Gasteiger partial charge in [0.05, 0.1) is 22.9 Å². The number of ether oxygens (including phenoxy) is 1. The van der Waals surface area contributed by atoms with Crippen LogP contribution in [0.2, 0.25) is 0 Å². The molecule has 0 aliphatic heterocycles. The molecule has 2 aromatic heterocycles. The average Bonchev–Trinajstić information content (AvgIpc) is 3.27. The lowest BCUT2D eigenvalue weighted by atomic mass is 10.2. The number of anilines is 3. The molecule has 0 fully saturated rings. The summed E-state index contributed by atoms with van der Waals surface area (Å²) in [4.78, 5) is 23.0. The van der Waals surface area contributed by atoms with Crippen LogP contribution in [0.5, 0.6) is 0 Å². The Morgan fingerprint density at radius 1 is 1.17 bits per heavy atom. The zero-order chi connectivity index (χ0) is 26.1. The summed E-state index contributed by atoms with van der Waals surface area (Å²) < 4.78 is 6.65. The third-order valence-corrected chi connectivity index (χ3v) is 5.09. The Hall–Kier alpha value is -4.64. The first-order valence-electron chi connectivity index (χ1n) is 11.1. The third kappa shape index (κ3) is 5.70. The fraction of sp³-hybridized carbons (Fsp3) is 0.364. The first-order valence-corrected chi connectivity index (χ1v) is 11.1. The standard InChI is InChI=1S/C22H27N11O3/c1-6-16-17(23-2)21(31-32(16)14-8-10-15(11-9-14)33(34)35)30-29-18-19(24-3)27-22(25-4)28-20(18)26-12-7-13-36-5/h8-11H,6-7,12-13H2,1,3-5H3,(H3,24,25,26,27,28). The van der Waals surface area contributed by atoms with Crippen LogP contribution < -0.4 is 16.0 Å². The van der Waals surface area contributed by atoms with Crippen LogP contribution in [-0.2, 0) is 11.2 Å². The number of benzene rings is 1. The highest BCUT2D eigenvalue weighted by molar-refractivity contribution is 5.75. The monoisotopic (exact) mass is 493 g/mol. The number of azo groups is 1. The van der Waals surface area contributed by atoms with Gasteiger partial charge in [-0.3, -0.25) is 10.1 Å². The van der Waals surface area contributed by atoms with Gasteiger partial charge in [-0.2, -0.15) is 15.1 Å². The molecule has 3 rings (SSSR count). The minimum absolute atomic E-state index is 0.0376. The Bertz CT molecular complexity index is 1280. The van der Waals surface area contributed by atoms with Crippen molar-refractivity contribution in [3.8, 4) is 5.69 Å². The van der Waals surface area contributed by atoms with E-state index in [0.29, 0.717) is 54.2 Å². The van der Waals surface area contributed by atoms with Crippen molar-refractivity contribution in [1.29, 1.82) is 0 Å². The Balaban J connectivity index is 2.04. The Morgan fingerprint density at radius 3 is 2.47 bits per heavy atom. The maximum atomic E-state index is 11.0. The van der Waals surface area contributed by atoms with E-state index in [1.807, 2.05) is 6.92 Å². The second-order valence-electron chi connectivity index (χ2n) is 7.34. The van der Waals surface area contributed by atoms with Crippen molar-refractivity contribution in [2.75, 3.05) is 50.3 Å². The third-order valence-electron chi connectivity index (χ3n) is 5.09. The van der Waals surface area contributed by atoms with Crippen molar-refractivity contribution < 1.29 is 9.66 Å². The summed E-state index contributed by atoms with van der Waals surface area (Å²) in [5, 5.41) is 33.3. The summed E-state index contributed by atoms with van der Waals surface area (Å²) in [6, 6.07) is 5.92. The molecule has 0 aliphatic rings. The lowest BCUT2D eigenvalue weighted by Gasteiger charge is -2.12. The van der Waals surface area contributed by atoms with Gasteiger partial charge in [-0.15, -0.1) is 10.2 Å². The largest absolute Gasteiger partial charge is 0.385 e. The summed E-state index contributed by atoms with van der Waals surface area (Å²) in [7, 11) is 5.06. The van der Waals surface area contributed by atoms with Gasteiger partial charge in [0.15, 0.2) is 17.3 Å². The number of aromatic nitrogens is 4. The zero-order valence-electron chi connectivity index (χ0n) is 20.4. The van der Waals surface area contributed by atoms with Gasteiger partial charge in [-0.25, -0.2) is 9.53 Å². The topological polar surface area (TPSA) is 161 Å². The molecule has 0 bridgehead atoms. The van der Waals surface area contributed by atoms with Gasteiger partial charge in [0.2, 0.25) is 11.8 Å². The van der Waals surface area contributed by atoms with Gasteiger partial charge < -0.3 is 20.7 Å². The molecule has 14 nitrogen and oxygen atoms in total. The van der Waals surface area contributed by atoms with Crippen molar-refractivity contribution in [2.24, 2.45) is 10.2 Å². The lowest BCUT2D eigenvalue weighted by molar-refractivity contribution is -0.384. The molecule has 14 heteroatoms. The van der Waals surface area contributed by atoms with Crippen LogP contribution in [-0.4, -0.2) is 59.0 Å². The SMILES string of the molecule is [C-]#[N+]c1c(N=Nc2c(NC)nc(NC)nc2NCCCOC)nn(-c2ccc([N+](=O)[O-])cc2)c1CC. The molecule has 0 amide bonds. The second kappa shape index (κ2) is 12.2. The summed E-state index contributed by atoms with van der Waals surface area (Å²) >= 11 is 0. The van der Waals surface area contributed by atoms with E-state index in [-0.39, 0.29) is 17.2 Å². The molecule has 3 N–H and O–H groups in total. The molecule has 0 saturated heterocycles. The number of nitro benzene ring substituents is 1. The number of nitro groups is 1. The van der Waals surface area contributed by atoms with Crippen molar-refractivity contribution in [3.63, 3.8) is 0 Å². The number of non-ortho nitro benzene ring substituents is 1. The van der Waals surface area contributed by atoms with Crippen LogP contribution in [0, 0.1) is 16.7 Å². The van der Waals surface area contributed by atoms with Crippen molar-refractivity contribution in [2.45, 2.75) is 19.8 Å². The molecular weight excluding hydrogens is 466 g/mol. The van der Waals surface area contributed by atoms with Crippen LogP contribution in [0.4, 0.5) is 40.5 Å². The molecule has 0 atom stereocenters. The molecule has 3 aromatic rings.